The Morgan fingerprint density at radius 2 is 1.84 bits per heavy atom. The molecule has 5 nitrogen and oxygen atoms in total. The highest BCUT2D eigenvalue weighted by atomic mass is 16.5. The minimum Gasteiger partial charge on any atom is -0.497 e. The highest BCUT2D eigenvalue weighted by Gasteiger charge is 2.19. The Kier molecular flexibility index (Phi) is 3.22. The van der Waals surface area contributed by atoms with Crippen molar-refractivity contribution >= 4 is 10.9 Å². The maximum atomic E-state index is 12.2. The fraction of sp³-hybridized carbons (Fsp3) is 0.429. The maximum Gasteiger partial charge on any atom is 0.262 e. The van der Waals surface area contributed by atoms with Crippen LogP contribution in [0.25, 0.3) is 10.9 Å². The van der Waals surface area contributed by atoms with Gasteiger partial charge in [-0.2, -0.15) is 0 Å². The number of benzene rings is 1. The maximum absolute atomic E-state index is 12.2. The molecule has 0 bridgehead atoms. The Hall–Kier alpha value is -2.04. The highest BCUT2D eigenvalue weighted by molar-refractivity contribution is 5.85. The van der Waals surface area contributed by atoms with Crippen molar-refractivity contribution in [1.82, 2.24) is 9.97 Å². The summed E-state index contributed by atoms with van der Waals surface area (Å²) in [5.74, 6) is 1.71. The second-order valence-corrected chi connectivity index (χ2v) is 5.39. The largest absolute Gasteiger partial charge is 0.497 e. The zero-order valence-electron chi connectivity index (χ0n) is 11.8. The van der Waals surface area contributed by atoms with Gasteiger partial charge in [0.25, 0.3) is 5.56 Å². The molecule has 0 aliphatic heterocycles. The van der Waals surface area contributed by atoms with Gasteiger partial charge < -0.3 is 14.5 Å². The first-order valence-electron chi connectivity index (χ1n) is 6.03. The summed E-state index contributed by atoms with van der Waals surface area (Å²) < 4.78 is 10.4. The Bertz CT molecular complexity index is 669. The van der Waals surface area contributed by atoms with E-state index >= 15 is 0 Å². The number of aromatic amines is 1. The van der Waals surface area contributed by atoms with Gasteiger partial charge in [-0.15, -0.1) is 0 Å². The lowest BCUT2D eigenvalue weighted by Gasteiger charge is -2.18. The average molecular weight is 262 g/mol. The van der Waals surface area contributed by atoms with Gasteiger partial charge in [0, 0.05) is 17.5 Å². The summed E-state index contributed by atoms with van der Waals surface area (Å²) in [5, 5.41) is 0.441. The Morgan fingerprint density at radius 1 is 1.16 bits per heavy atom. The predicted molar refractivity (Wildman–Crippen MR) is 74.2 cm³/mol. The summed E-state index contributed by atoms with van der Waals surface area (Å²) in [5.41, 5.74) is 0.142. The lowest BCUT2D eigenvalue weighted by Crippen LogP contribution is -2.22. The third-order valence-corrected chi connectivity index (χ3v) is 2.91. The molecule has 0 amide bonds. The third-order valence-electron chi connectivity index (χ3n) is 2.91. The van der Waals surface area contributed by atoms with Crippen LogP contribution in [0.5, 0.6) is 11.5 Å². The fourth-order valence-electron chi connectivity index (χ4n) is 1.85. The molecule has 0 atom stereocenters. The highest BCUT2D eigenvalue weighted by Crippen LogP contribution is 2.28. The van der Waals surface area contributed by atoms with Gasteiger partial charge in [-0.3, -0.25) is 4.79 Å². The van der Waals surface area contributed by atoms with Gasteiger partial charge in [-0.05, 0) is 0 Å². The molecule has 0 saturated carbocycles. The number of H-pyrrole nitrogens is 1. The van der Waals surface area contributed by atoms with E-state index in [1.165, 1.54) is 7.11 Å². The number of nitrogens with one attached hydrogen (secondary N) is 1. The summed E-state index contributed by atoms with van der Waals surface area (Å²) in [6, 6.07) is 3.42. The van der Waals surface area contributed by atoms with E-state index in [1.54, 1.807) is 19.2 Å². The molecule has 0 radical (unpaired) electrons. The van der Waals surface area contributed by atoms with Gasteiger partial charge in [0.1, 0.15) is 22.7 Å². The Morgan fingerprint density at radius 3 is 2.37 bits per heavy atom. The van der Waals surface area contributed by atoms with Crippen molar-refractivity contribution in [3.05, 3.63) is 28.3 Å². The molecule has 1 aromatic carbocycles. The minimum absolute atomic E-state index is 0.200. The van der Waals surface area contributed by atoms with Crippen LogP contribution in [0.4, 0.5) is 0 Å². The second kappa shape index (κ2) is 4.57. The summed E-state index contributed by atoms with van der Waals surface area (Å²) in [4.78, 5) is 19.5. The normalized spacial score (nSPS) is 11.6. The van der Waals surface area contributed by atoms with Crippen LogP contribution < -0.4 is 15.0 Å². The quantitative estimate of drug-likeness (QED) is 0.901. The molecule has 2 rings (SSSR count). The zero-order valence-corrected chi connectivity index (χ0v) is 11.8. The van der Waals surface area contributed by atoms with Crippen molar-refractivity contribution < 1.29 is 9.47 Å². The smallest absolute Gasteiger partial charge is 0.262 e. The number of ether oxygens (including phenoxy) is 2. The number of fused-ring (bicyclic) bond motifs is 1. The van der Waals surface area contributed by atoms with Crippen LogP contribution in [0.3, 0.4) is 0 Å². The lowest BCUT2D eigenvalue weighted by atomic mass is 9.95. The predicted octanol–water partition coefficient (Wildman–Crippen LogP) is 2.24. The zero-order chi connectivity index (χ0) is 14.2. The average Bonchev–Trinajstić information content (AvgIpc) is 2.35. The van der Waals surface area contributed by atoms with Crippen molar-refractivity contribution in [2.75, 3.05) is 14.2 Å². The topological polar surface area (TPSA) is 64.2 Å². The van der Waals surface area contributed by atoms with Gasteiger partial charge in [0.2, 0.25) is 0 Å². The van der Waals surface area contributed by atoms with Gasteiger partial charge in [-0.25, -0.2) is 4.98 Å². The van der Waals surface area contributed by atoms with E-state index in [-0.39, 0.29) is 11.0 Å². The molecule has 1 heterocycles. The third kappa shape index (κ3) is 2.41. The van der Waals surface area contributed by atoms with E-state index < -0.39 is 0 Å². The molecule has 0 spiro atoms. The number of hydrogen-bond donors (Lipinski definition) is 1. The summed E-state index contributed by atoms with van der Waals surface area (Å²) in [6.45, 7) is 5.98. The second-order valence-electron chi connectivity index (χ2n) is 5.39. The van der Waals surface area contributed by atoms with Crippen molar-refractivity contribution in [3.63, 3.8) is 0 Å². The van der Waals surface area contributed by atoms with Crippen LogP contribution in [-0.4, -0.2) is 24.2 Å². The Labute approximate surface area is 111 Å². The first kappa shape index (κ1) is 13.4. The fourth-order valence-corrected chi connectivity index (χ4v) is 1.85. The van der Waals surface area contributed by atoms with Crippen LogP contribution in [-0.2, 0) is 5.41 Å². The van der Waals surface area contributed by atoms with E-state index in [0.29, 0.717) is 28.2 Å². The van der Waals surface area contributed by atoms with E-state index in [2.05, 4.69) is 9.97 Å². The molecule has 1 aromatic heterocycles. The molecule has 0 aliphatic rings. The standard InChI is InChI=1S/C14H18N2O3/c1-14(2,3)13-15-9-6-8(18-4)7-10(19-5)11(9)12(17)16-13/h6-7H,1-5H3,(H,15,16,17). The van der Waals surface area contributed by atoms with Gasteiger partial charge in [0.05, 0.1) is 19.7 Å². The van der Waals surface area contributed by atoms with E-state index in [0.717, 1.165) is 0 Å². The van der Waals surface area contributed by atoms with Crippen molar-refractivity contribution in [2.24, 2.45) is 0 Å². The van der Waals surface area contributed by atoms with Gasteiger partial charge in [-0.1, -0.05) is 20.8 Å². The van der Waals surface area contributed by atoms with Crippen molar-refractivity contribution in [3.8, 4) is 11.5 Å². The van der Waals surface area contributed by atoms with Crippen molar-refractivity contribution in [2.45, 2.75) is 26.2 Å². The molecule has 0 saturated heterocycles. The van der Waals surface area contributed by atoms with Crippen LogP contribution in [0, 0.1) is 0 Å². The molecule has 0 aliphatic carbocycles. The molecule has 0 fully saturated rings. The number of hydrogen-bond acceptors (Lipinski definition) is 4. The van der Waals surface area contributed by atoms with Crippen LogP contribution in [0.15, 0.2) is 16.9 Å². The van der Waals surface area contributed by atoms with E-state index in [9.17, 15) is 4.79 Å². The molecule has 102 valence electrons. The van der Waals surface area contributed by atoms with Crippen LogP contribution >= 0.6 is 0 Å². The first-order valence-corrected chi connectivity index (χ1v) is 6.03. The monoisotopic (exact) mass is 262 g/mol. The molecular weight excluding hydrogens is 244 g/mol. The molecule has 19 heavy (non-hydrogen) atoms. The number of nitrogens with zero attached hydrogens (tertiary/aromatic N) is 1. The number of methoxy groups -OCH3 is 2. The molecule has 2 aromatic rings. The summed E-state index contributed by atoms with van der Waals surface area (Å²) in [6.07, 6.45) is 0. The lowest BCUT2D eigenvalue weighted by molar-refractivity contribution is 0.397. The number of aromatic nitrogens is 2. The summed E-state index contributed by atoms with van der Waals surface area (Å²) >= 11 is 0. The molecule has 1 N–H and O–H groups in total. The SMILES string of the molecule is COc1cc(OC)c2c(=O)[nH]c(C(C)(C)C)nc2c1. The van der Waals surface area contributed by atoms with Crippen LogP contribution in [0.1, 0.15) is 26.6 Å². The Balaban J connectivity index is 2.84. The summed E-state index contributed by atoms with van der Waals surface area (Å²) in [7, 11) is 3.09. The first-order chi connectivity index (χ1) is 8.86. The van der Waals surface area contributed by atoms with Gasteiger partial charge >= 0.3 is 0 Å². The molecule has 0 unspecified atom stereocenters. The van der Waals surface area contributed by atoms with E-state index in [1.807, 2.05) is 20.8 Å². The van der Waals surface area contributed by atoms with Crippen molar-refractivity contribution in [1.29, 1.82) is 0 Å². The van der Waals surface area contributed by atoms with Gasteiger partial charge in [0.15, 0.2) is 0 Å². The van der Waals surface area contributed by atoms with E-state index in [4.69, 9.17) is 9.47 Å². The number of rotatable bonds is 2. The molecule has 5 heteroatoms. The molecular formula is C14H18N2O3. The van der Waals surface area contributed by atoms with Crippen LogP contribution in [0.2, 0.25) is 0 Å². The minimum atomic E-state index is -0.232.